The molecule has 1 unspecified atom stereocenters. The third kappa shape index (κ3) is 3.28. The number of amides is 2. The van der Waals surface area contributed by atoms with E-state index in [1.165, 1.54) is 0 Å². The van der Waals surface area contributed by atoms with E-state index in [1.54, 1.807) is 4.90 Å². The van der Waals surface area contributed by atoms with Gasteiger partial charge in [-0.15, -0.1) is 0 Å². The number of carbonyl (C=O) groups is 2. The Morgan fingerprint density at radius 1 is 1.42 bits per heavy atom. The van der Waals surface area contributed by atoms with E-state index >= 15 is 0 Å². The Kier molecular flexibility index (Phi) is 4.31. The molecule has 8 heteroatoms. The molecule has 130 valence electrons. The second kappa shape index (κ2) is 6.27. The van der Waals surface area contributed by atoms with Crippen molar-refractivity contribution < 1.29 is 23.8 Å². The van der Waals surface area contributed by atoms with E-state index in [0.717, 1.165) is 25.0 Å². The van der Waals surface area contributed by atoms with Crippen molar-refractivity contribution in [1.82, 2.24) is 10.2 Å². The summed E-state index contributed by atoms with van der Waals surface area (Å²) >= 11 is 0. The summed E-state index contributed by atoms with van der Waals surface area (Å²) in [6.07, 6.45) is 1.63. The predicted octanol–water partition coefficient (Wildman–Crippen LogP) is 0.103. The number of hydrogen-bond acceptors (Lipinski definition) is 6. The predicted molar refractivity (Wildman–Crippen MR) is 82.6 cm³/mol. The lowest BCUT2D eigenvalue weighted by Gasteiger charge is -2.42. The number of aromatic hydroxyl groups is 1. The highest BCUT2D eigenvalue weighted by Crippen LogP contribution is 2.30. The van der Waals surface area contributed by atoms with Gasteiger partial charge in [0.15, 0.2) is 5.76 Å². The Hall–Kier alpha value is -2.35. The minimum Gasteiger partial charge on any atom is -0.508 e. The maximum absolute atomic E-state index is 12.4. The van der Waals surface area contributed by atoms with Crippen molar-refractivity contribution in [2.45, 2.75) is 25.4 Å². The summed E-state index contributed by atoms with van der Waals surface area (Å²) in [6, 6.07) is 1.98. The summed E-state index contributed by atoms with van der Waals surface area (Å²) in [5.74, 6) is -0.979. The third-order valence-electron chi connectivity index (χ3n) is 4.45. The van der Waals surface area contributed by atoms with E-state index in [4.69, 9.17) is 9.15 Å². The first kappa shape index (κ1) is 16.5. The van der Waals surface area contributed by atoms with Crippen LogP contribution in [0.15, 0.2) is 21.3 Å². The fourth-order valence-electron chi connectivity index (χ4n) is 3.05. The standard InChI is InChI=1S/C16H20N2O6/c1-16(3-2-4-23-16)15(22)18-8-10(9-18)7-17-14(21)12-5-11(19)6-13(20)24-12/h5-6,10,19H,2-4,7-9H2,1H3,(H,17,21). The van der Waals surface area contributed by atoms with Crippen molar-refractivity contribution in [2.24, 2.45) is 5.92 Å². The van der Waals surface area contributed by atoms with E-state index in [2.05, 4.69) is 5.32 Å². The van der Waals surface area contributed by atoms with Gasteiger partial charge in [-0.3, -0.25) is 9.59 Å². The van der Waals surface area contributed by atoms with Crippen LogP contribution in [0.4, 0.5) is 0 Å². The maximum Gasteiger partial charge on any atom is 0.340 e. The lowest BCUT2D eigenvalue weighted by atomic mass is 9.94. The molecule has 2 aliphatic heterocycles. The van der Waals surface area contributed by atoms with Gasteiger partial charge in [0.25, 0.3) is 11.8 Å². The number of nitrogens with one attached hydrogen (secondary N) is 1. The summed E-state index contributed by atoms with van der Waals surface area (Å²) in [4.78, 5) is 37.1. The van der Waals surface area contributed by atoms with Gasteiger partial charge >= 0.3 is 5.63 Å². The van der Waals surface area contributed by atoms with E-state index in [0.29, 0.717) is 26.2 Å². The molecule has 1 aromatic rings. The molecule has 2 aliphatic rings. The zero-order valence-corrected chi connectivity index (χ0v) is 13.4. The molecule has 1 aromatic heterocycles. The van der Waals surface area contributed by atoms with Crippen LogP contribution in [0.25, 0.3) is 0 Å². The van der Waals surface area contributed by atoms with Crippen molar-refractivity contribution in [3.8, 4) is 5.75 Å². The molecule has 3 rings (SSSR count). The highest BCUT2D eigenvalue weighted by molar-refractivity contribution is 5.91. The number of likely N-dealkylation sites (tertiary alicyclic amines) is 1. The molecule has 1 atom stereocenters. The first-order valence-corrected chi connectivity index (χ1v) is 7.93. The van der Waals surface area contributed by atoms with Gasteiger partial charge in [0.2, 0.25) is 0 Å². The van der Waals surface area contributed by atoms with Crippen molar-refractivity contribution in [3.05, 3.63) is 28.3 Å². The molecular formula is C16H20N2O6. The molecule has 0 spiro atoms. The molecule has 3 heterocycles. The first-order chi connectivity index (χ1) is 11.4. The zero-order chi connectivity index (χ0) is 17.3. The minimum atomic E-state index is -0.787. The maximum atomic E-state index is 12.4. The molecule has 24 heavy (non-hydrogen) atoms. The average molecular weight is 336 g/mol. The lowest BCUT2D eigenvalue weighted by molar-refractivity contribution is -0.157. The molecule has 8 nitrogen and oxygen atoms in total. The van der Waals surface area contributed by atoms with Gasteiger partial charge in [-0.25, -0.2) is 4.79 Å². The molecule has 0 radical (unpaired) electrons. The Bertz CT molecular complexity index is 701. The van der Waals surface area contributed by atoms with Crippen molar-refractivity contribution in [2.75, 3.05) is 26.2 Å². The molecule has 0 aromatic carbocycles. The van der Waals surface area contributed by atoms with Crippen molar-refractivity contribution >= 4 is 11.8 Å². The van der Waals surface area contributed by atoms with Crippen LogP contribution in [0.5, 0.6) is 5.75 Å². The fourth-order valence-corrected chi connectivity index (χ4v) is 3.05. The molecule has 0 saturated carbocycles. The van der Waals surface area contributed by atoms with Crippen LogP contribution in [-0.2, 0) is 9.53 Å². The Morgan fingerprint density at radius 2 is 2.17 bits per heavy atom. The number of rotatable bonds is 4. The highest BCUT2D eigenvalue weighted by atomic mass is 16.5. The normalized spacial score (nSPS) is 23.8. The van der Waals surface area contributed by atoms with Gasteiger partial charge in [-0.1, -0.05) is 0 Å². The van der Waals surface area contributed by atoms with Gasteiger partial charge in [-0.05, 0) is 19.8 Å². The van der Waals surface area contributed by atoms with Gasteiger partial charge < -0.3 is 24.5 Å². The average Bonchev–Trinajstić information content (AvgIpc) is 2.92. The van der Waals surface area contributed by atoms with E-state index in [9.17, 15) is 19.5 Å². The van der Waals surface area contributed by atoms with Crippen LogP contribution in [0.2, 0.25) is 0 Å². The molecule has 2 amide bonds. The quantitative estimate of drug-likeness (QED) is 0.807. The van der Waals surface area contributed by atoms with Crippen molar-refractivity contribution in [3.63, 3.8) is 0 Å². The van der Waals surface area contributed by atoms with Gasteiger partial charge in [0.05, 0.1) is 6.07 Å². The van der Waals surface area contributed by atoms with Gasteiger partial charge in [0.1, 0.15) is 11.4 Å². The third-order valence-corrected chi connectivity index (χ3v) is 4.45. The van der Waals surface area contributed by atoms with Crippen LogP contribution < -0.4 is 10.9 Å². The summed E-state index contributed by atoms with van der Waals surface area (Å²) in [5.41, 5.74) is -1.50. The summed E-state index contributed by atoms with van der Waals surface area (Å²) in [5, 5.41) is 11.9. The zero-order valence-electron chi connectivity index (χ0n) is 13.4. The monoisotopic (exact) mass is 336 g/mol. The largest absolute Gasteiger partial charge is 0.508 e. The first-order valence-electron chi connectivity index (χ1n) is 7.93. The van der Waals surface area contributed by atoms with E-state index in [-0.39, 0.29) is 23.3 Å². The highest BCUT2D eigenvalue weighted by Gasteiger charge is 2.44. The smallest absolute Gasteiger partial charge is 0.340 e. The summed E-state index contributed by atoms with van der Waals surface area (Å²) < 4.78 is 10.3. The van der Waals surface area contributed by atoms with Crippen LogP contribution in [0.1, 0.15) is 30.3 Å². The molecule has 0 aliphatic carbocycles. The minimum absolute atomic E-state index is 0.00144. The van der Waals surface area contributed by atoms with Crippen LogP contribution in [-0.4, -0.2) is 53.7 Å². The van der Waals surface area contributed by atoms with Crippen molar-refractivity contribution in [1.29, 1.82) is 0 Å². The van der Waals surface area contributed by atoms with Crippen LogP contribution in [0.3, 0.4) is 0 Å². The number of hydrogen-bond donors (Lipinski definition) is 2. The van der Waals surface area contributed by atoms with E-state index in [1.807, 2.05) is 6.92 Å². The molecule has 0 bridgehead atoms. The fraction of sp³-hybridized carbons (Fsp3) is 0.562. The molecular weight excluding hydrogens is 316 g/mol. The second-order valence-corrected chi connectivity index (χ2v) is 6.47. The van der Waals surface area contributed by atoms with Crippen LogP contribution in [0, 0.1) is 5.92 Å². The van der Waals surface area contributed by atoms with Gasteiger partial charge in [-0.2, -0.15) is 0 Å². The summed E-state index contributed by atoms with van der Waals surface area (Å²) in [6.45, 7) is 3.91. The Morgan fingerprint density at radius 3 is 2.79 bits per heavy atom. The van der Waals surface area contributed by atoms with Gasteiger partial charge in [0, 0.05) is 38.2 Å². The summed E-state index contributed by atoms with van der Waals surface area (Å²) in [7, 11) is 0. The number of nitrogens with zero attached hydrogens (tertiary/aromatic N) is 1. The number of carbonyl (C=O) groups excluding carboxylic acids is 2. The Labute approximate surface area is 138 Å². The SMILES string of the molecule is CC1(C(=O)N2CC(CNC(=O)c3cc(O)cc(=O)o3)C2)CCCO1. The van der Waals surface area contributed by atoms with Crippen LogP contribution >= 0.6 is 0 Å². The van der Waals surface area contributed by atoms with E-state index < -0.39 is 17.1 Å². The second-order valence-electron chi connectivity index (χ2n) is 6.47. The molecule has 2 N–H and O–H groups in total. The number of ether oxygens (including phenoxy) is 1. The topological polar surface area (TPSA) is 109 Å². The molecule has 2 fully saturated rings. The lowest BCUT2D eigenvalue weighted by Crippen LogP contribution is -2.59. The Balaban J connectivity index is 1.47. The molecule has 2 saturated heterocycles.